The van der Waals surface area contributed by atoms with E-state index in [-0.39, 0.29) is 10.3 Å². The number of halogens is 2. The number of rotatable bonds is 3. The molecule has 0 fully saturated rings. The highest BCUT2D eigenvalue weighted by molar-refractivity contribution is 9.10. The second kappa shape index (κ2) is 5.62. The highest BCUT2D eigenvalue weighted by Gasteiger charge is 2.17. The minimum atomic E-state index is -0.774. The van der Waals surface area contributed by atoms with Crippen molar-refractivity contribution in [2.24, 2.45) is 16.8 Å². The van der Waals surface area contributed by atoms with E-state index < -0.39 is 17.6 Å². The van der Waals surface area contributed by atoms with Crippen molar-refractivity contribution < 1.29 is 14.4 Å². The lowest BCUT2D eigenvalue weighted by atomic mass is 10.1. The maximum absolute atomic E-state index is 12.9. The predicted octanol–water partition coefficient (Wildman–Crippen LogP) is 1.91. The molecule has 1 aromatic carbocycles. The Kier molecular flexibility index (Phi) is 4.45. The van der Waals surface area contributed by atoms with Gasteiger partial charge in [-0.25, -0.2) is 4.39 Å². The van der Waals surface area contributed by atoms with Crippen molar-refractivity contribution in [3.63, 3.8) is 0 Å². The van der Waals surface area contributed by atoms with Gasteiger partial charge in [0.1, 0.15) is 5.82 Å². The third-order valence-corrected chi connectivity index (χ3v) is 2.75. The molecule has 0 saturated heterocycles. The Hall–Kier alpha value is -1.63. The van der Waals surface area contributed by atoms with Crippen LogP contribution in [-0.4, -0.2) is 17.0 Å². The summed E-state index contributed by atoms with van der Waals surface area (Å²) in [5.41, 5.74) is 5.71. The van der Waals surface area contributed by atoms with E-state index in [0.29, 0.717) is 5.69 Å². The molecule has 0 bridgehead atoms. The van der Waals surface area contributed by atoms with E-state index >= 15 is 0 Å². The van der Waals surface area contributed by atoms with Gasteiger partial charge in [0.05, 0.1) is 10.4 Å². The molecule has 92 valence electrons. The summed E-state index contributed by atoms with van der Waals surface area (Å²) in [6, 6.07) is 4.05. The van der Waals surface area contributed by atoms with Crippen LogP contribution in [-0.2, 0) is 4.79 Å². The fourth-order valence-electron chi connectivity index (χ4n) is 1.05. The van der Waals surface area contributed by atoms with Gasteiger partial charge in [-0.3, -0.25) is 4.79 Å². The highest BCUT2D eigenvalue weighted by Crippen LogP contribution is 2.20. The van der Waals surface area contributed by atoms with Gasteiger partial charge in [0.2, 0.25) is 5.91 Å². The Morgan fingerprint density at radius 2 is 2.29 bits per heavy atom. The maximum Gasteiger partial charge on any atom is 0.234 e. The van der Waals surface area contributed by atoms with E-state index in [1.165, 1.54) is 25.1 Å². The van der Waals surface area contributed by atoms with Crippen LogP contribution in [0.15, 0.2) is 27.8 Å². The molecule has 0 aliphatic heterocycles. The van der Waals surface area contributed by atoms with E-state index in [1.54, 1.807) is 0 Å². The zero-order valence-corrected chi connectivity index (χ0v) is 10.5. The van der Waals surface area contributed by atoms with Gasteiger partial charge in [0.15, 0.2) is 5.84 Å². The molecule has 1 aromatic rings. The third kappa shape index (κ3) is 3.42. The molecule has 0 heterocycles. The van der Waals surface area contributed by atoms with E-state index in [0.717, 1.165) is 0 Å². The standard InChI is InChI=1S/C10H11BrFN3O2/c1-5(9(13)15-17)10(16)14-6-2-3-8(12)7(11)4-6/h2-5,17H,1H3,(H2,13,15)(H,14,16). The molecule has 0 saturated carbocycles. The molecule has 0 aliphatic carbocycles. The second-order valence-corrected chi connectivity index (χ2v) is 4.22. The van der Waals surface area contributed by atoms with E-state index in [1.807, 2.05) is 0 Å². The summed E-state index contributed by atoms with van der Waals surface area (Å²) in [4.78, 5) is 11.6. The number of hydrogen-bond donors (Lipinski definition) is 3. The zero-order chi connectivity index (χ0) is 13.0. The molecule has 7 heteroatoms. The molecular weight excluding hydrogens is 293 g/mol. The number of nitrogens with one attached hydrogen (secondary N) is 1. The summed E-state index contributed by atoms with van der Waals surface area (Å²) >= 11 is 3.00. The van der Waals surface area contributed by atoms with Gasteiger partial charge in [-0.1, -0.05) is 5.16 Å². The molecule has 1 rings (SSSR count). The van der Waals surface area contributed by atoms with Crippen LogP contribution in [0.2, 0.25) is 0 Å². The normalized spacial score (nSPS) is 13.2. The number of nitrogens with zero attached hydrogens (tertiary/aromatic N) is 1. The Bertz CT molecular complexity index is 465. The molecule has 17 heavy (non-hydrogen) atoms. The topological polar surface area (TPSA) is 87.7 Å². The molecule has 5 nitrogen and oxygen atoms in total. The van der Waals surface area contributed by atoms with Crippen LogP contribution in [0.4, 0.5) is 10.1 Å². The van der Waals surface area contributed by atoms with Crippen LogP contribution < -0.4 is 11.1 Å². The number of benzene rings is 1. The fraction of sp³-hybridized carbons (Fsp3) is 0.200. The van der Waals surface area contributed by atoms with Crippen molar-refractivity contribution in [3.05, 3.63) is 28.5 Å². The minimum Gasteiger partial charge on any atom is -0.409 e. The molecule has 1 atom stereocenters. The van der Waals surface area contributed by atoms with Gasteiger partial charge in [0, 0.05) is 5.69 Å². The molecular formula is C10H11BrFN3O2. The number of anilines is 1. The molecule has 1 amide bonds. The van der Waals surface area contributed by atoms with Crippen molar-refractivity contribution in [2.75, 3.05) is 5.32 Å². The lowest BCUT2D eigenvalue weighted by molar-refractivity contribution is -0.117. The first kappa shape index (κ1) is 13.4. The summed E-state index contributed by atoms with van der Waals surface area (Å²) in [6.45, 7) is 1.49. The number of amides is 1. The van der Waals surface area contributed by atoms with Gasteiger partial charge < -0.3 is 16.3 Å². The molecule has 0 spiro atoms. The van der Waals surface area contributed by atoms with Gasteiger partial charge in [0.25, 0.3) is 0 Å². The Morgan fingerprint density at radius 1 is 1.65 bits per heavy atom. The van der Waals surface area contributed by atoms with Crippen molar-refractivity contribution in [3.8, 4) is 0 Å². The summed E-state index contributed by atoms with van der Waals surface area (Å²) in [6.07, 6.45) is 0. The maximum atomic E-state index is 12.9. The van der Waals surface area contributed by atoms with Crippen molar-refractivity contribution in [2.45, 2.75) is 6.92 Å². The fourth-order valence-corrected chi connectivity index (χ4v) is 1.42. The highest BCUT2D eigenvalue weighted by atomic mass is 79.9. The third-order valence-electron chi connectivity index (χ3n) is 2.14. The summed E-state index contributed by atoms with van der Waals surface area (Å²) < 4.78 is 13.2. The largest absolute Gasteiger partial charge is 0.409 e. The number of carbonyl (C=O) groups is 1. The van der Waals surface area contributed by atoms with Gasteiger partial charge in [-0.2, -0.15) is 0 Å². The smallest absolute Gasteiger partial charge is 0.234 e. The predicted molar refractivity (Wildman–Crippen MR) is 65.3 cm³/mol. The summed E-state index contributed by atoms with van der Waals surface area (Å²) in [5, 5.41) is 13.7. The first-order valence-electron chi connectivity index (χ1n) is 4.69. The number of oxime groups is 1. The molecule has 1 unspecified atom stereocenters. The number of hydrogen-bond acceptors (Lipinski definition) is 3. The summed E-state index contributed by atoms with van der Waals surface area (Å²) in [5.74, 6) is -1.83. The lowest BCUT2D eigenvalue weighted by Gasteiger charge is -2.10. The Balaban J connectivity index is 2.78. The second-order valence-electron chi connectivity index (χ2n) is 3.36. The van der Waals surface area contributed by atoms with Crippen LogP contribution in [0.25, 0.3) is 0 Å². The number of nitrogens with two attached hydrogens (primary N) is 1. The van der Waals surface area contributed by atoms with Crippen LogP contribution in [0.5, 0.6) is 0 Å². The first-order valence-corrected chi connectivity index (χ1v) is 5.48. The number of amidine groups is 1. The average molecular weight is 304 g/mol. The SMILES string of the molecule is CC(C(=O)Nc1ccc(F)c(Br)c1)/C(N)=N/O. The van der Waals surface area contributed by atoms with Gasteiger partial charge in [-0.05, 0) is 41.1 Å². The van der Waals surface area contributed by atoms with Crippen LogP contribution in [0.3, 0.4) is 0 Å². The molecule has 0 aromatic heterocycles. The van der Waals surface area contributed by atoms with Crippen LogP contribution in [0, 0.1) is 11.7 Å². The monoisotopic (exact) mass is 303 g/mol. The quantitative estimate of drug-likeness (QED) is 0.345. The summed E-state index contributed by atoms with van der Waals surface area (Å²) in [7, 11) is 0. The van der Waals surface area contributed by atoms with E-state index in [4.69, 9.17) is 10.9 Å². The molecule has 4 N–H and O–H groups in total. The van der Waals surface area contributed by atoms with Crippen LogP contribution >= 0.6 is 15.9 Å². The lowest BCUT2D eigenvalue weighted by Crippen LogP contribution is -2.32. The number of carbonyl (C=O) groups excluding carboxylic acids is 1. The average Bonchev–Trinajstić information content (AvgIpc) is 2.31. The Labute approximate surface area is 106 Å². The van der Waals surface area contributed by atoms with Gasteiger partial charge in [-0.15, -0.1) is 0 Å². The van der Waals surface area contributed by atoms with E-state index in [2.05, 4.69) is 26.4 Å². The first-order chi connectivity index (χ1) is 7.95. The van der Waals surface area contributed by atoms with Crippen molar-refractivity contribution >= 4 is 33.4 Å². The van der Waals surface area contributed by atoms with Crippen molar-refractivity contribution in [1.82, 2.24) is 0 Å². The molecule has 0 aliphatic rings. The van der Waals surface area contributed by atoms with Crippen LogP contribution in [0.1, 0.15) is 6.92 Å². The Morgan fingerprint density at radius 3 is 2.82 bits per heavy atom. The molecule has 0 radical (unpaired) electrons. The minimum absolute atomic E-state index is 0.191. The van der Waals surface area contributed by atoms with Crippen molar-refractivity contribution in [1.29, 1.82) is 0 Å². The van der Waals surface area contributed by atoms with E-state index in [9.17, 15) is 9.18 Å². The van der Waals surface area contributed by atoms with Gasteiger partial charge >= 0.3 is 0 Å². The zero-order valence-electron chi connectivity index (χ0n) is 8.95.